The molecule has 0 aliphatic rings. The Morgan fingerprint density at radius 3 is 2.71 bits per heavy atom. The van der Waals surface area contributed by atoms with Gasteiger partial charge in [0, 0.05) is 16.8 Å². The van der Waals surface area contributed by atoms with Crippen LogP contribution in [-0.4, -0.2) is 9.91 Å². The maximum absolute atomic E-state index is 10.8. The number of benzene rings is 1. The molecule has 1 aromatic carbocycles. The normalized spacial score (nSPS) is 10.1. The summed E-state index contributed by atoms with van der Waals surface area (Å²) in [6.45, 7) is 0. The van der Waals surface area contributed by atoms with Gasteiger partial charge in [-0.15, -0.1) is 0 Å². The first kappa shape index (κ1) is 11.4. The predicted molar refractivity (Wildman–Crippen MR) is 65.9 cm³/mol. The largest absolute Gasteiger partial charge is 0.398 e. The summed E-state index contributed by atoms with van der Waals surface area (Å²) in [5.74, 6) is 0. The number of anilines is 1. The van der Waals surface area contributed by atoms with Crippen molar-refractivity contribution in [1.82, 2.24) is 4.98 Å². The third kappa shape index (κ3) is 2.54. The number of hydrogen-bond donors (Lipinski definition) is 1. The average Bonchev–Trinajstić information content (AvgIpc) is 2.32. The van der Waals surface area contributed by atoms with Crippen molar-refractivity contribution in [3.63, 3.8) is 0 Å². The molecule has 86 valence electrons. The molecule has 0 radical (unpaired) electrons. The molecule has 0 spiro atoms. The van der Waals surface area contributed by atoms with E-state index in [1.165, 1.54) is 24.2 Å². The zero-order valence-electron chi connectivity index (χ0n) is 8.74. The first-order valence-electron chi connectivity index (χ1n) is 4.79. The Bertz CT molecular complexity index is 560. The maximum Gasteiger partial charge on any atom is 0.301 e. The average molecular weight is 247 g/mol. The lowest BCUT2D eigenvalue weighted by Gasteiger charge is -2.04. The summed E-state index contributed by atoms with van der Waals surface area (Å²) in [6, 6.07) is 8.85. The second-order valence-electron chi connectivity index (χ2n) is 3.24. The first-order valence-corrected chi connectivity index (χ1v) is 5.61. The molecule has 0 aliphatic carbocycles. The van der Waals surface area contributed by atoms with Crippen LogP contribution in [0.15, 0.2) is 52.5 Å². The lowest BCUT2D eigenvalue weighted by molar-refractivity contribution is -0.388. The molecule has 0 atom stereocenters. The Balaban J connectivity index is 2.37. The third-order valence-corrected chi connectivity index (χ3v) is 3.25. The molecule has 0 unspecified atom stereocenters. The minimum Gasteiger partial charge on any atom is -0.398 e. The smallest absolute Gasteiger partial charge is 0.301 e. The van der Waals surface area contributed by atoms with Crippen molar-refractivity contribution >= 4 is 23.1 Å². The van der Waals surface area contributed by atoms with Crippen molar-refractivity contribution in [2.75, 3.05) is 5.73 Å². The minimum absolute atomic E-state index is 0.0132. The summed E-state index contributed by atoms with van der Waals surface area (Å²) in [5.41, 5.74) is 6.38. The number of pyridine rings is 1. The van der Waals surface area contributed by atoms with Gasteiger partial charge in [0.15, 0.2) is 0 Å². The van der Waals surface area contributed by atoms with Gasteiger partial charge < -0.3 is 5.73 Å². The second-order valence-corrected chi connectivity index (χ2v) is 4.32. The van der Waals surface area contributed by atoms with Crippen molar-refractivity contribution in [3.05, 3.63) is 52.8 Å². The highest BCUT2D eigenvalue weighted by molar-refractivity contribution is 7.99. The molecule has 0 aliphatic heterocycles. The third-order valence-electron chi connectivity index (χ3n) is 2.10. The Hall–Kier alpha value is -2.08. The first-order chi connectivity index (χ1) is 8.18. The molecule has 2 N–H and O–H groups in total. The van der Waals surface area contributed by atoms with Gasteiger partial charge in [-0.25, -0.2) is 0 Å². The van der Waals surface area contributed by atoms with E-state index in [4.69, 9.17) is 5.73 Å². The molecule has 2 rings (SSSR count). The standard InChI is InChI=1S/C11H9N3O2S/c12-8-3-1-2-4-10(8)17-11-5-6-13-7-9(11)14(15)16/h1-7H,12H2. The molecule has 1 aromatic heterocycles. The van der Waals surface area contributed by atoms with Gasteiger partial charge in [-0.05, 0) is 18.2 Å². The molecule has 6 heteroatoms. The van der Waals surface area contributed by atoms with E-state index in [0.29, 0.717) is 10.6 Å². The van der Waals surface area contributed by atoms with Crippen molar-refractivity contribution in [1.29, 1.82) is 0 Å². The quantitative estimate of drug-likeness (QED) is 0.512. The van der Waals surface area contributed by atoms with Crippen LogP contribution < -0.4 is 5.73 Å². The molecule has 2 aromatic rings. The van der Waals surface area contributed by atoms with Crippen LogP contribution in [0.4, 0.5) is 11.4 Å². The molecular formula is C11H9N3O2S. The van der Waals surface area contributed by atoms with Crippen LogP contribution in [0.3, 0.4) is 0 Å². The Labute approximate surface area is 102 Å². The topological polar surface area (TPSA) is 82.0 Å². The van der Waals surface area contributed by atoms with Crippen molar-refractivity contribution < 1.29 is 4.92 Å². The monoisotopic (exact) mass is 247 g/mol. The number of aromatic nitrogens is 1. The summed E-state index contributed by atoms with van der Waals surface area (Å²) in [4.78, 5) is 15.4. The Morgan fingerprint density at radius 1 is 1.24 bits per heavy atom. The molecule has 0 saturated carbocycles. The lowest BCUT2D eigenvalue weighted by atomic mass is 10.3. The van der Waals surface area contributed by atoms with E-state index < -0.39 is 4.92 Å². The van der Waals surface area contributed by atoms with E-state index in [-0.39, 0.29) is 5.69 Å². The molecule has 0 saturated heterocycles. The van der Waals surface area contributed by atoms with E-state index in [1.54, 1.807) is 12.1 Å². The molecule has 0 amide bonds. The molecule has 0 fully saturated rings. The van der Waals surface area contributed by atoms with Crippen LogP contribution in [0.5, 0.6) is 0 Å². The minimum atomic E-state index is -0.450. The zero-order chi connectivity index (χ0) is 12.3. The van der Waals surface area contributed by atoms with E-state index in [2.05, 4.69) is 4.98 Å². The van der Waals surface area contributed by atoms with Crippen molar-refractivity contribution in [3.8, 4) is 0 Å². The van der Waals surface area contributed by atoms with Crippen molar-refractivity contribution in [2.24, 2.45) is 0 Å². The highest BCUT2D eigenvalue weighted by Crippen LogP contribution is 2.36. The van der Waals surface area contributed by atoms with Gasteiger partial charge in [0.1, 0.15) is 6.20 Å². The number of rotatable bonds is 3. The van der Waals surface area contributed by atoms with Gasteiger partial charge in [0.05, 0.1) is 9.82 Å². The van der Waals surface area contributed by atoms with Gasteiger partial charge >= 0.3 is 5.69 Å². The van der Waals surface area contributed by atoms with Gasteiger partial charge in [-0.1, -0.05) is 23.9 Å². The van der Waals surface area contributed by atoms with Crippen LogP contribution >= 0.6 is 11.8 Å². The van der Waals surface area contributed by atoms with Gasteiger partial charge in [0.25, 0.3) is 0 Å². The van der Waals surface area contributed by atoms with Gasteiger partial charge in [0.2, 0.25) is 0 Å². The summed E-state index contributed by atoms with van der Waals surface area (Å²) >= 11 is 1.26. The van der Waals surface area contributed by atoms with Crippen LogP contribution in [-0.2, 0) is 0 Å². The van der Waals surface area contributed by atoms with Crippen LogP contribution in [0.2, 0.25) is 0 Å². The predicted octanol–water partition coefficient (Wildman–Crippen LogP) is 2.72. The summed E-state index contributed by atoms with van der Waals surface area (Å²) < 4.78 is 0. The number of hydrogen-bond acceptors (Lipinski definition) is 5. The van der Waals surface area contributed by atoms with Crippen LogP contribution in [0.25, 0.3) is 0 Å². The van der Waals surface area contributed by atoms with Crippen LogP contribution in [0.1, 0.15) is 0 Å². The highest BCUT2D eigenvalue weighted by atomic mass is 32.2. The molecular weight excluding hydrogens is 238 g/mol. The number of nitro groups is 1. The fraction of sp³-hybridized carbons (Fsp3) is 0. The molecule has 1 heterocycles. The Kier molecular flexibility index (Phi) is 3.24. The van der Waals surface area contributed by atoms with Gasteiger partial charge in [-0.2, -0.15) is 0 Å². The van der Waals surface area contributed by atoms with E-state index >= 15 is 0 Å². The Morgan fingerprint density at radius 2 is 2.00 bits per heavy atom. The lowest BCUT2D eigenvalue weighted by Crippen LogP contribution is -1.92. The zero-order valence-corrected chi connectivity index (χ0v) is 9.55. The number of nitrogen functional groups attached to an aromatic ring is 1. The number of nitrogens with two attached hydrogens (primary N) is 1. The summed E-state index contributed by atoms with van der Waals surface area (Å²) in [5, 5.41) is 10.8. The highest BCUT2D eigenvalue weighted by Gasteiger charge is 2.15. The molecule has 0 bridgehead atoms. The van der Waals surface area contributed by atoms with E-state index in [0.717, 1.165) is 4.90 Å². The number of nitrogens with zero attached hydrogens (tertiary/aromatic N) is 2. The number of para-hydroxylation sites is 1. The fourth-order valence-electron chi connectivity index (χ4n) is 1.29. The molecule has 17 heavy (non-hydrogen) atoms. The summed E-state index contributed by atoms with van der Waals surface area (Å²) in [7, 11) is 0. The van der Waals surface area contributed by atoms with Crippen molar-refractivity contribution in [2.45, 2.75) is 9.79 Å². The van der Waals surface area contributed by atoms with E-state index in [1.807, 2.05) is 18.2 Å². The SMILES string of the molecule is Nc1ccccc1Sc1ccncc1[N+](=O)[O-]. The fourth-order valence-corrected chi connectivity index (χ4v) is 2.22. The maximum atomic E-state index is 10.8. The summed E-state index contributed by atoms with van der Waals surface area (Å²) in [6.07, 6.45) is 2.76. The van der Waals surface area contributed by atoms with E-state index in [9.17, 15) is 10.1 Å². The molecule has 5 nitrogen and oxygen atoms in total. The second kappa shape index (κ2) is 4.84. The van der Waals surface area contributed by atoms with Gasteiger partial charge in [-0.3, -0.25) is 15.1 Å². The van der Waals surface area contributed by atoms with Crippen LogP contribution in [0, 0.1) is 10.1 Å².